The van der Waals surface area contributed by atoms with Crippen LogP contribution < -0.4 is 5.73 Å². The maximum absolute atomic E-state index is 11.7. The summed E-state index contributed by atoms with van der Waals surface area (Å²) < 4.78 is 5.21. The van der Waals surface area contributed by atoms with Gasteiger partial charge in [-0.3, -0.25) is 4.79 Å². The topological polar surface area (TPSA) is 52.3 Å². The first kappa shape index (κ1) is 14.0. The van der Waals surface area contributed by atoms with Gasteiger partial charge in [0.25, 0.3) is 0 Å². The molecule has 0 heterocycles. The van der Waals surface area contributed by atoms with Crippen LogP contribution in [0.25, 0.3) is 0 Å². The molecule has 0 amide bonds. The molecule has 1 aromatic carbocycles. The summed E-state index contributed by atoms with van der Waals surface area (Å²) in [5.41, 5.74) is 6.35. The van der Waals surface area contributed by atoms with Crippen LogP contribution in [0.1, 0.15) is 25.3 Å². The summed E-state index contributed by atoms with van der Waals surface area (Å²) in [4.78, 5) is 11.7. The number of benzene rings is 1. The first-order valence-electron chi connectivity index (χ1n) is 5.79. The predicted molar refractivity (Wildman–Crippen MR) is 68.7 cm³/mol. The van der Waals surface area contributed by atoms with Crippen molar-refractivity contribution in [3.63, 3.8) is 0 Å². The van der Waals surface area contributed by atoms with Gasteiger partial charge in [-0.1, -0.05) is 43.1 Å². The van der Waals surface area contributed by atoms with E-state index in [1.807, 2.05) is 25.1 Å². The number of nitrogens with two attached hydrogens (primary N) is 1. The van der Waals surface area contributed by atoms with Gasteiger partial charge in [0.1, 0.15) is 6.61 Å². The monoisotopic (exact) mass is 255 g/mol. The highest BCUT2D eigenvalue weighted by Crippen LogP contribution is 2.17. The molecule has 1 unspecified atom stereocenters. The average Bonchev–Trinajstić information content (AvgIpc) is 2.34. The molecular weight excluding hydrogens is 238 g/mol. The van der Waals surface area contributed by atoms with Crippen LogP contribution in [0.3, 0.4) is 0 Å². The van der Waals surface area contributed by atoms with Gasteiger partial charge in [0.05, 0.1) is 5.92 Å². The number of carbonyl (C=O) groups is 1. The van der Waals surface area contributed by atoms with Gasteiger partial charge in [0, 0.05) is 17.1 Å². The van der Waals surface area contributed by atoms with Gasteiger partial charge < -0.3 is 10.5 Å². The van der Waals surface area contributed by atoms with E-state index in [1.165, 1.54) is 0 Å². The van der Waals surface area contributed by atoms with Gasteiger partial charge in [-0.05, 0) is 12.5 Å². The number of hydrogen-bond donors (Lipinski definition) is 1. The Kier molecular flexibility index (Phi) is 6.01. The number of carbonyl (C=O) groups excluding carboxylic acids is 1. The smallest absolute Gasteiger partial charge is 0.310 e. The number of ether oxygens (including phenoxy) is 1. The molecule has 0 aliphatic heterocycles. The Hall–Kier alpha value is -1.06. The molecule has 1 rings (SSSR count). The third-order valence-corrected chi connectivity index (χ3v) is 2.95. The van der Waals surface area contributed by atoms with Crippen molar-refractivity contribution in [2.75, 3.05) is 6.54 Å². The zero-order valence-electron chi connectivity index (χ0n) is 9.99. The third-order valence-electron chi connectivity index (χ3n) is 2.58. The first-order chi connectivity index (χ1) is 8.19. The molecule has 0 aliphatic carbocycles. The van der Waals surface area contributed by atoms with Crippen molar-refractivity contribution in [1.29, 1.82) is 0 Å². The minimum atomic E-state index is -0.241. The van der Waals surface area contributed by atoms with Crippen LogP contribution in [0.4, 0.5) is 0 Å². The Balaban J connectivity index is 2.50. The molecule has 0 spiro atoms. The quantitative estimate of drug-likeness (QED) is 0.796. The highest BCUT2D eigenvalue weighted by atomic mass is 35.5. The molecule has 94 valence electrons. The largest absolute Gasteiger partial charge is 0.461 e. The second-order valence-electron chi connectivity index (χ2n) is 3.92. The molecule has 0 fully saturated rings. The Bertz CT molecular complexity index is 368. The summed E-state index contributed by atoms with van der Waals surface area (Å²) in [6.07, 6.45) is 1.68. The molecule has 2 N–H and O–H groups in total. The van der Waals surface area contributed by atoms with E-state index >= 15 is 0 Å². The van der Waals surface area contributed by atoms with Gasteiger partial charge >= 0.3 is 5.97 Å². The number of hydrogen-bond acceptors (Lipinski definition) is 3. The van der Waals surface area contributed by atoms with E-state index < -0.39 is 0 Å². The van der Waals surface area contributed by atoms with Crippen molar-refractivity contribution in [3.05, 3.63) is 34.9 Å². The Morgan fingerprint density at radius 3 is 2.76 bits per heavy atom. The van der Waals surface area contributed by atoms with Crippen LogP contribution in [0.15, 0.2) is 24.3 Å². The summed E-state index contributed by atoms with van der Waals surface area (Å²) >= 11 is 5.97. The van der Waals surface area contributed by atoms with E-state index in [2.05, 4.69) is 0 Å². The van der Waals surface area contributed by atoms with E-state index in [4.69, 9.17) is 22.1 Å². The predicted octanol–water partition coefficient (Wildman–Crippen LogP) is 2.76. The molecule has 0 saturated heterocycles. The molecule has 0 aliphatic rings. The fraction of sp³-hybridized carbons (Fsp3) is 0.462. The summed E-state index contributed by atoms with van der Waals surface area (Å²) in [6.45, 7) is 2.55. The average molecular weight is 256 g/mol. The van der Waals surface area contributed by atoms with E-state index in [0.717, 1.165) is 18.4 Å². The van der Waals surface area contributed by atoms with Crippen LogP contribution >= 0.6 is 11.6 Å². The van der Waals surface area contributed by atoms with Crippen molar-refractivity contribution >= 4 is 17.6 Å². The Labute approximate surface area is 107 Å². The molecule has 4 heteroatoms. The molecule has 0 radical (unpaired) electrons. The molecule has 0 saturated carbocycles. The standard InChI is InChI=1S/C13H18ClNO2/c1-2-5-10(8-15)13(16)17-9-11-6-3-4-7-12(11)14/h3-4,6-7,10H,2,5,8-9,15H2,1H3. The SMILES string of the molecule is CCCC(CN)C(=O)OCc1ccccc1Cl. The first-order valence-corrected chi connectivity index (χ1v) is 6.17. The molecule has 3 nitrogen and oxygen atoms in total. The van der Waals surface area contributed by atoms with E-state index in [1.54, 1.807) is 6.07 Å². The van der Waals surface area contributed by atoms with E-state index in [9.17, 15) is 4.79 Å². The molecule has 1 atom stereocenters. The molecule has 0 bridgehead atoms. The van der Waals surface area contributed by atoms with Crippen molar-refractivity contribution in [2.45, 2.75) is 26.4 Å². The van der Waals surface area contributed by atoms with Gasteiger partial charge in [-0.2, -0.15) is 0 Å². The summed E-state index contributed by atoms with van der Waals surface area (Å²) in [5.74, 6) is -0.447. The minimum Gasteiger partial charge on any atom is -0.461 e. The third kappa shape index (κ3) is 4.36. The van der Waals surface area contributed by atoms with Crippen LogP contribution in [0.2, 0.25) is 5.02 Å². The van der Waals surface area contributed by atoms with Crippen LogP contribution in [0.5, 0.6) is 0 Å². The molecule has 1 aromatic rings. The molecular formula is C13H18ClNO2. The lowest BCUT2D eigenvalue weighted by atomic mass is 10.0. The lowest BCUT2D eigenvalue weighted by Gasteiger charge is -2.13. The summed E-state index contributed by atoms with van der Waals surface area (Å²) in [5, 5.41) is 0.611. The lowest BCUT2D eigenvalue weighted by molar-refractivity contribution is -0.149. The zero-order chi connectivity index (χ0) is 12.7. The van der Waals surface area contributed by atoms with Crippen LogP contribution in [-0.2, 0) is 16.1 Å². The highest BCUT2D eigenvalue weighted by Gasteiger charge is 2.17. The second kappa shape index (κ2) is 7.30. The van der Waals surface area contributed by atoms with Gasteiger partial charge in [-0.15, -0.1) is 0 Å². The molecule has 17 heavy (non-hydrogen) atoms. The normalized spacial score (nSPS) is 12.2. The van der Waals surface area contributed by atoms with Crippen molar-refractivity contribution in [3.8, 4) is 0 Å². The van der Waals surface area contributed by atoms with Gasteiger partial charge in [-0.25, -0.2) is 0 Å². The summed E-state index contributed by atoms with van der Waals surface area (Å²) in [6, 6.07) is 7.32. The lowest BCUT2D eigenvalue weighted by Crippen LogP contribution is -2.25. The van der Waals surface area contributed by atoms with Crippen molar-refractivity contribution in [1.82, 2.24) is 0 Å². The van der Waals surface area contributed by atoms with Crippen LogP contribution in [-0.4, -0.2) is 12.5 Å². The Morgan fingerprint density at radius 1 is 1.47 bits per heavy atom. The maximum Gasteiger partial charge on any atom is 0.310 e. The Morgan fingerprint density at radius 2 is 2.18 bits per heavy atom. The number of esters is 1. The van der Waals surface area contributed by atoms with Crippen molar-refractivity contribution < 1.29 is 9.53 Å². The molecule has 0 aromatic heterocycles. The minimum absolute atomic E-state index is 0.206. The van der Waals surface area contributed by atoms with E-state index in [-0.39, 0.29) is 18.5 Å². The van der Waals surface area contributed by atoms with Crippen LogP contribution in [0, 0.1) is 5.92 Å². The fourth-order valence-corrected chi connectivity index (χ4v) is 1.75. The van der Waals surface area contributed by atoms with Crippen molar-refractivity contribution in [2.24, 2.45) is 11.7 Å². The highest BCUT2D eigenvalue weighted by molar-refractivity contribution is 6.31. The fourth-order valence-electron chi connectivity index (χ4n) is 1.56. The summed E-state index contributed by atoms with van der Waals surface area (Å²) in [7, 11) is 0. The van der Waals surface area contributed by atoms with E-state index in [0.29, 0.717) is 11.6 Å². The number of halogens is 1. The maximum atomic E-state index is 11.7. The number of rotatable bonds is 6. The zero-order valence-corrected chi connectivity index (χ0v) is 10.7. The van der Waals surface area contributed by atoms with Gasteiger partial charge in [0.2, 0.25) is 0 Å². The van der Waals surface area contributed by atoms with Gasteiger partial charge in [0.15, 0.2) is 0 Å². The second-order valence-corrected chi connectivity index (χ2v) is 4.33.